The number of carbonyl (C=O) groups is 1. The number of benzene rings is 2. The first-order chi connectivity index (χ1) is 10.1. The van der Waals surface area contributed by atoms with Gasteiger partial charge in [0.25, 0.3) is 5.91 Å². The van der Waals surface area contributed by atoms with Gasteiger partial charge in [0.05, 0.1) is 0 Å². The normalized spacial score (nSPS) is 10.8. The number of carbonyl (C=O) groups excluding carboxylic acids is 1. The molecule has 0 atom stereocenters. The van der Waals surface area contributed by atoms with Crippen molar-refractivity contribution in [3.8, 4) is 0 Å². The van der Waals surface area contributed by atoms with Crippen molar-refractivity contribution in [2.24, 2.45) is 0 Å². The number of fused-ring (bicyclic) bond motifs is 1. The van der Waals surface area contributed by atoms with Crippen molar-refractivity contribution in [1.29, 1.82) is 0 Å². The third kappa shape index (κ3) is 3.13. The summed E-state index contributed by atoms with van der Waals surface area (Å²) in [6.07, 6.45) is 0. The Labute approximate surface area is 129 Å². The van der Waals surface area contributed by atoms with E-state index in [1.165, 1.54) is 12.1 Å². The lowest BCUT2D eigenvalue weighted by Crippen LogP contribution is -2.23. The van der Waals surface area contributed by atoms with Gasteiger partial charge in [-0.25, -0.2) is 4.39 Å². The Balaban J connectivity index is 1.74. The Morgan fingerprint density at radius 3 is 2.86 bits per heavy atom. The first-order valence-corrected chi connectivity index (χ1v) is 7.22. The van der Waals surface area contributed by atoms with Crippen LogP contribution in [0.25, 0.3) is 10.9 Å². The topological polar surface area (TPSA) is 44.9 Å². The second-order valence-electron chi connectivity index (χ2n) is 4.73. The first-order valence-electron chi connectivity index (χ1n) is 6.43. The molecule has 3 nitrogen and oxygen atoms in total. The van der Waals surface area contributed by atoms with Crippen LogP contribution in [-0.2, 0) is 6.54 Å². The second kappa shape index (κ2) is 5.69. The molecule has 2 N–H and O–H groups in total. The average Bonchev–Trinajstić information content (AvgIpc) is 2.88. The minimum absolute atomic E-state index is 0.216. The Kier molecular flexibility index (Phi) is 3.75. The van der Waals surface area contributed by atoms with Gasteiger partial charge in [-0.15, -0.1) is 0 Å². The Morgan fingerprint density at radius 1 is 1.19 bits per heavy atom. The standard InChI is InChI=1S/C16H12BrFN2O/c17-12-3-1-2-10(6-12)9-19-16(21)15-8-11-7-13(18)4-5-14(11)20-15/h1-8,20H,9H2,(H,19,21). The zero-order valence-corrected chi connectivity index (χ0v) is 12.6. The van der Waals surface area contributed by atoms with Crippen LogP contribution in [-0.4, -0.2) is 10.9 Å². The lowest BCUT2D eigenvalue weighted by atomic mass is 10.2. The lowest BCUT2D eigenvalue weighted by molar-refractivity contribution is 0.0947. The number of halogens is 2. The smallest absolute Gasteiger partial charge is 0.267 e. The highest BCUT2D eigenvalue weighted by Crippen LogP contribution is 2.17. The summed E-state index contributed by atoms with van der Waals surface area (Å²) in [6, 6.07) is 13.8. The molecule has 106 valence electrons. The molecule has 3 rings (SSSR count). The number of H-pyrrole nitrogens is 1. The fourth-order valence-electron chi connectivity index (χ4n) is 2.15. The van der Waals surface area contributed by atoms with E-state index in [0.717, 1.165) is 15.6 Å². The highest BCUT2D eigenvalue weighted by molar-refractivity contribution is 9.10. The van der Waals surface area contributed by atoms with Gasteiger partial charge in [0.2, 0.25) is 0 Å². The van der Waals surface area contributed by atoms with Crippen molar-refractivity contribution in [2.45, 2.75) is 6.54 Å². The van der Waals surface area contributed by atoms with Gasteiger partial charge in [0.15, 0.2) is 0 Å². The molecule has 0 aliphatic heterocycles. The third-order valence-electron chi connectivity index (χ3n) is 3.17. The molecule has 1 amide bonds. The zero-order valence-electron chi connectivity index (χ0n) is 11.0. The van der Waals surface area contributed by atoms with Gasteiger partial charge in [0, 0.05) is 21.9 Å². The van der Waals surface area contributed by atoms with Gasteiger partial charge in [-0.2, -0.15) is 0 Å². The maximum atomic E-state index is 13.1. The van der Waals surface area contributed by atoms with Crippen molar-refractivity contribution in [3.63, 3.8) is 0 Å². The molecule has 1 aromatic heterocycles. The second-order valence-corrected chi connectivity index (χ2v) is 5.64. The number of hydrogen-bond donors (Lipinski definition) is 2. The van der Waals surface area contributed by atoms with Gasteiger partial charge in [0.1, 0.15) is 11.5 Å². The van der Waals surface area contributed by atoms with Gasteiger partial charge in [-0.05, 0) is 42.0 Å². The van der Waals surface area contributed by atoms with Crippen LogP contribution >= 0.6 is 15.9 Å². The first kappa shape index (κ1) is 13.8. The highest BCUT2D eigenvalue weighted by Gasteiger charge is 2.09. The maximum Gasteiger partial charge on any atom is 0.267 e. The predicted octanol–water partition coefficient (Wildman–Crippen LogP) is 4.00. The molecule has 3 aromatic rings. The van der Waals surface area contributed by atoms with E-state index in [9.17, 15) is 9.18 Å². The molecule has 2 aromatic carbocycles. The van der Waals surface area contributed by atoms with Crippen LogP contribution in [0.3, 0.4) is 0 Å². The predicted molar refractivity (Wildman–Crippen MR) is 83.6 cm³/mol. The molecule has 0 bridgehead atoms. The lowest BCUT2D eigenvalue weighted by Gasteiger charge is -2.04. The van der Waals surface area contributed by atoms with E-state index in [2.05, 4.69) is 26.2 Å². The summed E-state index contributed by atoms with van der Waals surface area (Å²) in [5.74, 6) is -0.533. The average molecular weight is 347 g/mol. The quantitative estimate of drug-likeness (QED) is 0.739. The molecule has 0 aliphatic rings. The van der Waals surface area contributed by atoms with E-state index >= 15 is 0 Å². The van der Waals surface area contributed by atoms with E-state index < -0.39 is 0 Å². The largest absolute Gasteiger partial charge is 0.351 e. The number of hydrogen-bond acceptors (Lipinski definition) is 1. The minimum Gasteiger partial charge on any atom is -0.351 e. The Bertz CT molecular complexity index is 813. The molecule has 21 heavy (non-hydrogen) atoms. The Hall–Kier alpha value is -2.14. The zero-order chi connectivity index (χ0) is 14.8. The van der Waals surface area contributed by atoms with Crippen LogP contribution in [0.2, 0.25) is 0 Å². The van der Waals surface area contributed by atoms with Gasteiger partial charge in [-0.3, -0.25) is 4.79 Å². The monoisotopic (exact) mass is 346 g/mol. The van der Waals surface area contributed by atoms with E-state index in [1.54, 1.807) is 12.1 Å². The van der Waals surface area contributed by atoms with Gasteiger partial charge < -0.3 is 10.3 Å². The van der Waals surface area contributed by atoms with Crippen molar-refractivity contribution >= 4 is 32.7 Å². The fraction of sp³-hybridized carbons (Fsp3) is 0.0625. The minimum atomic E-state index is -0.317. The molecule has 0 aliphatic carbocycles. The SMILES string of the molecule is O=C(NCc1cccc(Br)c1)c1cc2cc(F)ccc2[nH]1. The number of amides is 1. The summed E-state index contributed by atoms with van der Waals surface area (Å²) in [7, 11) is 0. The van der Waals surface area contributed by atoms with Crippen LogP contribution in [0.15, 0.2) is 53.0 Å². The molecule has 0 radical (unpaired) electrons. The van der Waals surface area contributed by atoms with E-state index in [1.807, 2.05) is 24.3 Å². The number of nitrogens with one attached hydrogen (secondary N) is 2. The van der Waals surface area contributed by atoms with E-state index in [0.29, 0.717) is 17.6 Å². The number of aromatic amines is 1. The fourth-order valence-corrected chi connectivity index (χ4v) is 2.60. The van der Waals surface area contributed by atoms with Crippen LogP contribution in [0.1, 0.15) is 16.1 Å². The molecular formula is C16H12BrFN2O. The summed E-state index contributed by atoms with van der Waals surface area (Å²) < 4.78 is 14.1. The van der Waals surface area contributed by atoms with Gasteiger partial charge in [-0.1, -0.05) is 28.1 Å². The van der Waals surface area contributed by atoms with Crippen LogP contribution in [0.4, 0.5) is 4.39 Å². The van der Waals surface area contributed by atoms with Crippen molar-refractivity contribution in [3.05, 3.63) is 70.1 Å². The van der Waals surface area contributed by atoms with Crippen molar-refractivity contribution < 1.29 is 9.18 Å². The van der Waals surface area contributed by atoms with Crippen molar-refractivity contribution in [1.82, 2.24) is 10.3 Å². The molecule has 0 saturated carbocycles. The Morgan fingerprint density at radius 2 is 2.05 bits per heavy atom. The summed E-state index contributed by atoms with van der Waals surface area (Å²) in [5.41, 5.74) is 2.16. The summed E-state index contributed by atoms with van der Waals surface area (Å²) in [5, 5.41) is 3.52. The van der Waals surface area contributed by atoms with Crippen molar-refractivity contribution in [2.75, 3.05) is 0 Å². The maximum absolute atomic E-state index is 13.1. The molecule has 0 spiro atoms. The molecule has 1 heterocycles. The third-order valence-corrected chi connectivity index (χ3v) is 3.66. The van der Waals surface area contributed by atoms with Crippen LogP contribution < -0.4 is 5.32 Å². The summed E-state index contributed by atoms with van der Waals surface area (Å²) >= 11 is 3.39. The van der Waals surface area contributed by atoms with Crippen LogP contribution in [0, 0.1) is 5.82 Å². The molecule has 0 fully saturated rings. The van der Waals surface area contributed by atoms with E-state index in [-0.39, 0.29) is 11.7 Å². The van der Waals surface area contributed by atoms with Gasteiger partial charge >= 0.3 is 0 Å². The molecule has 0 saturated heterocycles. The summed E-state index contributed by atoms with van der Waals surface area (Å²) in [4.78, 5) is 15.1. The van der Waals surface area contributed by atoms with Crippen LogP contribution in [0.5, 0.6) is 0 Å². The van der Waals surface area contributed by atoms with E-state index in [4.69, 9.17) is 0 Å². The number of aromatic nitrogens is 1. The molecule has 0 unspecified atom stereocenters. The molecular weight excluding hydrogens is 335 g/mol. The highest BCUT2D eigenvalue weighted by atomic mass is 79.9. The number of rotatable bonds is 3. The molecule has 5 heteroatoms. The summed E-state index contributed by atoms with van der Waals surface area (Å²) in [6.45, 7) is 0.433.